The van der Waals surface area contributed by atoms with Crippen molar-refractivity contribution in [3.8, 4) is 0 Å². The first-order valence-electron chi connectivity index (χ1n) is 5.76. The highest BCUT2D eigenvalue weighted by Crippen LogP contribution is 2.23. The SMILES string of the molecule is COC(OC)C(C)Nc1ccccc1NS(C)(=O)=O. The van der Waals surface area contributed by atoms with Gasteiger partial charge in [-0.25, -0.2) is 8.42 Å². The maximum absolute atomic E-state index is 11.3. The van der Waals surface area contributed by atoms with E-state index in [9.17, 15) is 8.42 Å². The van der Waals surface area contributed by atoms with Gasteiger partial charge in [-0.3, -0.25) is 4.72 Å². The van der Waals surface area contributed by atoms with Crippen molar-refractivity contribution in [1.29, 1.82) is 0 Å². The van der Waals surface area contributed by atoms with Crippen molar-refractivity contribution in [2.75, 3.05) is 30.5 Å². The molecule has 0 amide bonds. The fourth-order valence-electron chi connectivity index (χ4n) is 1.72. The van der Waals surface area contributed by atoms with Gasteiger partial charge in [0.1, 0.15) is 0 Å². The number of anilines is 2. The highest BCUT2D eigenvalue weighted by atomic mass is 32.2. The summed E-state index contributed by atoms with van der Waals surface area (Å²) in [5.41, 5.74) is 1.15. The van der Waals surface area contributed by atoms with Gasteiger partial charge in [0.15, 0.2) is 6.29 Å². The summed E-state index contributed by atoms with van der Waals surface area (Å²) in [5.74, 6) is 0. The van der Waals surface area contributed by atoms with Gasteiger partial charge in [0.2, 0.25) is 10.0 Å². The molecule has 0 aliphatic heterocycles. The molecule has 0 aromatic heterocycles. The Morgan fingerprint density at radius 3 is 2.11 bits per heavy atom. The van der Waals surface area contributed by atoms with Crippen molar-refractivity contribution >= 4 is 21.4 Å². The molecular formula is C12H20N2O4S. The highest BCUT2D eigenvalue weighted by molar-refractivity contribution is 7.92. The van der Waals surface area contributed by atoms with Crippen LogP contribution in [0.4, 0.5) is 11.4 Å². The molecule has 0 aliphatic carbocycles. The molecule has 0 bridgehead atoms. The number of rotatable bonds is 7. The van der Waals surface area contributed by atoms with Crippen LogP contribution in [0, 0.1) is 0 Å². The molecule has 1 atom stereocenters. The van der Waals surface area contributed by atoms with E-state index in [4.69, 9.17) is 9.47 Å². The van der Waals surface area contributed by atoms with Crippen LogP contribution in [0.1, 0.15) is 6.92 Å². The molecule has 0 spiro atoms. The molecule has 0 heterocycles. The molecule has 0 saturated carbocycles. The molecule has 1 aromatic rings. The third kappa shape index (κ3) is 5.06. The summed E-state index contributed by atoms with van der Waals surface area (Å²) in [6.07, 6.45) is 0.687. The van der Waals surface area contributed by atoms with Crippen LogP contribution in [0.25, 0.3) is 0 Å². The molecule has 0 radical (unpaired) electrons. The van der Waals surface area contributed by atoms with Gasteiger partial charge >= 0.3 is 0 Å². The third-order valence-corrected chi connectivity index (χ3v) is 3.07. The van der Waals surface area contributed by atoms with Crippen LogP contribution in [0.15, 0.2) is 24.3 Å². The van der Waals surface area contributed by atoms with Gasteiger partial charge in [0, 0.05) is 14.2 Å². The zero-order valence-electron chi connectivity index (χ0n) is 11.5. The molecule has 108 valence electrons. The van der Waals surface area contributed by atoms with E-state index in [-0.39, 0.29) is 6.04 Å². The lowest BCUT2D eigenvalue weighted by Gasteiger charge is -2.24. The quantitative estimate of drug-likeness (QED) is 0.743. The van der Waals surface area contributed by atoms with Gasteiger partial charge in [-0.15, -0.1) is 0 Å². The summed E-state index contributed by atoms with van der Waals surface area (Å²) < 4.78 is 35.4. The van der Waals surface area contributed by atoms with E-state index < -0.39 is 16.3 Å². The first kappa shape index (κ1) is 15.7. The number of para-hydroxylation sites is 2. The van der Waals surface area contributed by atoms with Crippen LogP contribution in [0.2, 0.25) is 0 Å². The first-order valence-corrected chi connectivity index (χ1v) is 7.65. The van der Waals surface area contributed by atoms with Gasteiger partial charge < -0.3 is 14.8 Å². The average molecular weight is 288 g/mol. The second-order valence-corrected chi connectivity index (χ2v) is 5.94. The summed E-state index contributed by atoms with van der Waals surface area (Å²) in [6.45, 7) is 1.88. The van der Waals surface area contributed by atoms with Gasteiger partial charge in [-0.1, -0.05) is 12.1 Å². The van der Waals surface area contributed by atoms with Crippen LogP contribution in [-0.2, 0) is 19.5 Å². The van der Waals surface area contributed by atoms with Crippen molar-refractivity contribution in [3.63, 3.8) is 0 Å². The normalized spacial score (nSPS) is 13.3. The second kappa shape index (κ2) is 6.74. The fraction of sp³-hybridized carbons (Fsp3) is 0.500. The topological polar surface area (TPSA) is 76.7 Å². The van der Waals surface area contributed by atoms with E-state index in [1.807, 2.05) is 13.0 Å². The Hall–Kier alpha value is -1.31. The molecule has 1 unspecified atom stereocenters. The maximum atomic E-state index is 11.3. The maximum Gasteiger partial charge on any atom is 0.229 e. The standard InChI is InChI=1S/C12H20N2O4S/c1-9(12(17-2)18-3)13-10-7-5-6-8-11(10)14-19(4,15)16/h5-9,12-14H,1-4H3. The number of sulfonamides is 1. The molecule has 0 fully saturated rings. The smallest absolute Gasteiger partial charge is 0.229 e. The van der Waals surface area contributed by atoms with Crippen molar-refractivity contribution < 1.29 is 17.9 Å². The van der Waals surface area contributed by atoms with Crippen LogP contribution in [0.3, 0.4) is 0 Å². The predicted octanol–water partition coefficient (Wildman–Crippen LogP) is 1.48. The Morgan fingerprint density at radius 1 is 1.11 bits per heavy atom. The van der Waals surface area contributed by atoms with Crippen LogP contribution < -0.4 is 10.0 Å². The zero-order chi connectivity index (χ0) is 14.5. The van der Waals surface area contributed by atoms with E-state index >= 15 is 0 Å². The van der Waals surface area contributed by atoms with Crippen molar-refractivity contribution in [1.82, 2.24) is 0 Å². The summed E-state index contributed by atoms with van der Waals surface area (Å²) in [4.78, 5) is 0. The van der Waals surface area contributed by atoms with Gasteiger partial charge in [-0.05, 0) is 19.1 Å². The monoisotopic (exact) mass is 288 g/mol. The molecule has 1 rings (SSSR count). The van der Waals surface area contributed by atoms with E-state index in [0.29, 0.717) is 11.4 Å². The molecule has 19 heavy (non-hydrogen) atoms. The molecule has 0 saturated heterocycles. The molecule has 7 heteroatoms. The predicted molar refractivity (Wildman–Crippen MR) is 75.8 cm³/mol. The van der Waals surface area contributed by atoms with E-state index in [2.05, 4.69) is 10.0 Å². The van der Waals surface area contributed by atoms with Gasteiger partial charge in [0.05, 0.1) is 23.7 Å². The van der Waals surface area contributed by atoms with Crippen LogP contribution >= 0.6 is 0 Å². The summed E-state index contributed by atoms with van der Waals surface area (Å²) in [6, 6.07) is 6.90. The number of hydrogen-bond acceptors (Lipinski definition) is 5. The van der Waals surface area contributed by atoms with E-state index in [0.717, 1.165) is 6.26 Å². The molecule has 0 aliphatic rings. The second-order valence-electron chi connectivity index (χ2n) is 4.19. The summed E-state index contributed by atoms with van der Waals surface area (Å²) >= 11 is 0. The Labute approximate surface area is 114 Å². The zero-order valence-corrected chi connectivity index (χ0v) is 12.3. The lowest BCUT2D eigenvalue weighted by Crippen LogP contribution is -2.34. The summed E-state index contributed by atoms with van der Waals surface area (Å²) in [5, 5.41) is 3.16. The number of ether oxygens (including phenoxy) is 2. The Bertz CT molecular complexity index is 500. The Kier molecular flexibility index (Phi) is 5.59. The highest BCUT2D eigenvalue weighted by Gasteiger charge is 2.17. The van der Waals surface area contributed by atoms with E-state index in [1.54, 1.807) is 32.4 Å². The van der Waals surface area contributed by atoms with Crippen molar-refractivity contribution in [2.45, 2.75) is 19.3 Å². The average Bonchev–Trinajstić information content (AvgIpc) is 2.31. The summed E-state index contributed by atoms with van der Waals surface area (Å²) in [7, 11) is -0.222. The number of hydrogen-bond donors (Lipinski definition) is 2. The Balaban J connectivity index is 2.89. The first-order chi connectivity index (χ1) is 8.87. The largest absolute Gasteiger partial charge is 0.376 e. The van der Waals surface area contributed by atoms with Crippen molar-refractivity contribution in [2.24, 2.45) is 0 Å². The molecule has 1 aromatic carbocycles. The lowest BCUT2D eigenvalue weighted by atomic mass is 10.2. The van der Waals surface area contributed by atoms with Crippen LogP contribution in [0.5, 0.6) is 0 Å². The Morgan fingerprint density at radius 2 is 1.63 bits per heavy atom. The minimum absolute atomic E-state index is 0.141. The minimum atomic E-state index is -3.32. The van der Waals surface area contributed by atoms with Crippen LogP contribution in [-0.4, -0.2) is 41.2 Å². The number of nitrogens with one attached hydrogen (secondary N) is 2. The molecule has 2 N–H and O–H groups in total. The van der Waals surface area contributed by atoms with Gasteiger partial charge in [0.25, 0.3) is 0 Å². The lowest BCUT2D eigenvalue weighted by molar-refractivity contribution is -0.109. The molecular weight excluding hydrogens is 268 g/mol. The fourth-order valence-corrected chi connectivity index (χ4v) is 2.29. The number of methoxy groups -OCH3 is 2. The van der Waals surface area contributed by atoms with Crippen molar-refractivity contribution in [3.05, 3.63) is 24.3 Å². The number of benzene rings is 1. The van der Waals surface area contributed by atoms with Gasteiger partial charge in [-0.2, -0.15) is 0 Å². The third-order valence-electron chi connectivity index (χ3n) is 2.48. The molecule has 6 nitrogen and oxygen atoms in total. The van der Waals surface area contributed by atoms with E-state index in [1.165, 1.54) is 0 Å². The minimum Gasteiger partial charge on any atom is -0.376 e.